The number of aromatic nitrogens is 2. The van der Waals surface area contributed by atoms with Crippen molar-refractivity contribution in [1.82, 2.24) is 9.97 Å². The quantitative estimate of drug-likeness (QED) is 0.705. The number of para-hydroxylation sites is 2. The number of aliphatic hydroxyl groups excluding tert-OH is 1. The highest BCUT2D eigenvalue weighted by molar-refractivity contribution is 5.99. The number of aliphatic hydroxyl groups is 1. The van der Waals surface area contributed by atoms with Crippen LogP contribution in [0.5, 0.6) is 5.75 Å². The first-order chi connectivity index (χ1) is 10.3. The Morgan fingerprint density at radius 3 is 2.86 bits per heavy atom. The Bertz CT molecular complexity index is 577. The summed E-state index contributed by atoms with van der Waals surface area (Å²) >= 11 is 0. The summed E-state index contributed by atoms with van der Waals surface area (Å²) in [4.78, 5) is 19.7. The Hall–Kier alpha value is -2.67. The number of urea groups is 1. The molecule has 1 heterocycles. The average Bonchev–Trinajstić information content (AvgIpc) is 2.50. The Morgan fingerprint density at radius 1 is 1.24 bits per heavy atom. The van der Waals surface area contributed by atoms with Gasteiger partial charge < -0.3 is 15.2 Å². The van der Waals surface area contributed by atoms with Crippen molar-refractivity contribution in [3.63, 3.8) is 0 Å². The minimum absolute atomic E-state index is 0.0583. The molecule has 0 bridgehead atoms. The second-order valence-corrected chi connectivity index (χ2v) is 4.09. The number of carbonyl (C=O) groups excluding carboxylic acids is 1. The van der Waals surface area contributed by atoms with Gasteiger partial charge in [-0.25, -0.2) is 9.78 Å². The van der Waals surface area contributed by atoms with Crippen LogP contribution in [0.1, 0.15) is 6.42 Å². The van der Waals surface area contributed by atoms with E-state index in [0.29, 0.717) is 30.3 Å². The minimum atomic E-state index is -0.436. The molecule has 3 N–H and O–H groups in total. The van der Waals surface area contributed by atoms with Crippen LogP contribution in [0.3, 0.4) is 0 Å². The zero-order valence-corrected chi connectivity index (χ0v) is 11.3. The van der Waals surface area contributed by atoms with Crippen LogP contribution in [0.25, 0.3) is 0 Å². The lowest BCUT2D eigenvalue weighted by Gasteiger charge is -2.12. The fourth-order valence-electron chi connectivity index (χ4n) is 1.58. The number of nitrogens with one attached hydrogen (secondary N) is 2. The molecule has 0 fully saturated rings. The van der Waals surface area contributed by atoms with Crippen molar-refractivity contribution in [3.05, 3.63) is 42.9 Å². The largest absolute Gasteiger partial charge is 0.491 e. The summed E-state index contributed by atoms with van der Waals surface area (Å²) in [5.41, 5.74) is 0.539. The molecule has 0 aliphatic carbocycles. The number of carbonyl (C=O) groups is 1. The normalized spacial score (nSPS) is 9.95. The van der Waals surface area contributed by atoms with E-state index < -0.39 is 6.03 Å². The van der Waals surface area contributed by atoms with Crippen molar-refractivity contribution >= 4 is 17.5 Å². The highest BCUT2D eigenvalue weighted by atomic mass is 16.5. The molecule has 0 saturated heterocycles. The Balaban J connectivity index is 1.97. The standard InChI is InChI=1S/C14H16N4O3/c19-8-3-9-21-12-5-2-1-4-11(12)17-14(20)18-13-10-15-6-7-16-13/h1-2,4-7,10,19H,3,8-9H2,(H2,16,17,18,20). The number of benzene rings is 1. The van der Waals surface area contributed by atoms with Crippen molar-refractivity contribution < 1.29 is 14.6 Å². The average molecular weight is 288 g/mol. The molecule has 0 unspecified atom stereocenters. The molecule has 0 saturated carbocycles. The molecule has 2 rings (SSSR count). The van der Waals surface area contributed by atoms with Gasteiger partial charge >= 0.3 is 6.03 Å². The van der Waals surface area contributed by atoms with Crippen LogP contribution in [-0.2, 0) is 0 Å². The summed E-state index contributed by atoms with van der Waals surface area (Å²) in [6, 6.07) is 6.63. The number of rotatable bonds is 6. The molecular weight excluding hydrogens is 272 g/mol. The molecule has 0 atom stereocenters. The second kappa shape index (κ2) is 7.81. The fraction of sp³-hybridized carbons (Fsp3) is 0.214. The van der Waals surface area contributed by atoms with Gasteiger partial charge in [-0.2, -0.15) is 0 Å². The lowest BCUT2D eigenvalue weighted by atomic mass is 10.3. The molecule has 0 spiro atoms. The first-order valence-electron chi connectivity index (χ1n) is 6.46. The van der Waals surface area contributed by atoms with E-state index in [1.165, 1.54) is 18.6 Å². The van der Waals surface area contributed by atoms with Gasteiger partial charge in [-0.3, -0.25) is 10.3 Å². The molecule has 110 valence electrons. The summed E-state index contributed by atoms with van der Waals surface area (Å²) in [5.74, 6) is 0.897. The molecule has 21 heavy (non-hydrogen) atoms. The van der Waals surface area contributed by atoms with E-state index in [0.717, 1.165) is 0 Å². The SMILES string of the molecule is O=C(Nc1cnccn1)Nc1ccccc1OCCCO. The van der Waals surface area contributed by atoms with Gasteiger partial charge in [-0.1, -0.05) is 12.1 Å². The lowest BCUT2D eigenvalue weighted by Crippen LogP contribution is -2.20. The molecule has 1 aromatic carbocycles. The molecule has 2 amide bonds. The second-order valence-electron chi connectivity index (χ2n) is 4.09. The maximum Gasteiger partial charge on any atom is 0.324 e. The van der Waals surface area contributed by atoms with Gasteiger partial charge in [0.15, 0.2) is 5.82 Å². The fourth-order valence-corrected chi connectivity index (χ4v) is 1.58. The van der Waals surface area contributed by atoms with E-state index in [1.807, 2.05) is 0 Å². The van der Waals surface area contributed by atoms with E-state index in [9.17, 15) is 4.79 Å². The third kappa shape index (κ3) is 4.73. The van der Waals surface area contributed by atoms with Gasteiger partial charge in [0.05, 0.1) is 18.5 Å². The smallest absolute Gasteiger partial charge is 0.324 e. The van der Waals surface area contributed by atoms with Gasteiger partial charge in [0.1, 0.15) is 5.75 Å². The Labute approximate surface area is 122 Å². The molecule has 7 heteroatoms. The maximum atomic E-state index is 11.9. The van der Waals surface area contributed by atoms with E-state index in [-0.39, 0.29) is 6.61 Å². The van der Waals surface area contributed by atoms with E-state index in [4.69, 9.17) is 9.84 Å². The van der Waals surface area contributed by atoms with Gasteiger partial charge in [0, 0.05) is 25.4 Å². The van der Waals surface area contributed by atoms with Gasteiger partial charge in [0.2, 0.25) is 0 Å². The third-order valence-electron chi connectivity index (χ3n) is 2.50. The first kappa shape index (κ1) is 14.7. The van der Waals surface area contributed by atoms with Crippen LogP contribution in [0, 0.1) is 0 Å². The van der Waals surface area contributed by atoms with Crippen LogP contribution in [0.4, 0.5) is 16.3 Å². The molecule has 0 aliphatic rings. The molecule has 2 aromatic rings. The van der Waals surface area contributed by atoms with Gasteiger partial charge in [-0.05, 0) is 12.1 Å². The number of nitrogens with zero attached hydrogens (tertiary/aromatic N) is 2. The predicted octanol–water partition coefficient (Wildman–Crippen LogP) is 1.88. The minimum Gasteiger partial charge on any atom is -0.491 e. The Morgan fingerprint density at radius 2 is 2.10 bits per heavy atom. The molecule has 0 radical (unpaired) electrons. The van der Waals surface area contributed by atoms with Crippen LogP contribution in [-0.4, -0.2) is 34.3 Å². The topological polar surface area (TPSA) is 96.4 Å². The number of hydrogen-bond acceptors (Lipinski definition) is 5. The highest BCUT2D eigenvalue weighted by Gasteiger charge is 2.08. The molecular formula is C14H16N4O3. The zero-order chi connectivity index (χ0) is 14.9. The number of hydrogen-bond donors (Lipinski definition) is 3. The number of anilines is 2. The van der Waals surface area contributed by atoms with E-state index >= 15 is 0 Å². The molecule has 1 aromatic heterocycles. The Kier molecular flexibility index (Phi) is 5.48. The first-order valence-corrected chi connectivity index (χ1v) is 6.46. The molecule has 0 aliphatic heterocycles. The predicted molar refractivity (Wildman–Crippen MR) is 78.3 cm³/mol. The molecule has 7 nitrogen and oxygen atoms in total. The van der Waals surface area contributed by atoms with Crippen LogP contribution >= 0.6 is 0 Å². The van der Waals surface area contributed by atoms with Crippen molar-refractivity contribution in [1.29, 1.82) is 0 Å². The van der Waals surface area contributed by atoms with Crippen LogP contribution in [0.15, 0.2) is 42.9 Å². The lowest BCUT2D eigenvalue weighted by molar-refractivity contribution is 0.234. The summed E-state index contributed by atoms with van der Waals surface area (Å²) < 4.78 is 5.50. The zero-order valence-electron chi connectivity index (χ0n) is 11.3. The highest BCUT2D eigenvalue weighted by Crippen LogP contribution is 2.23. The van der Waals surface area contributed by atoms with Crippen LogP contribution in [0.2, 0.25) is 0 Å². The van der Waals surface area contributed by atoms with Crippen molar-refractivity contribution in [2.75, 3.05) is 23.8 Å². The third-order valence-corrected chi connectivity index (χ3v) is 2.50. The maximum absolute atomic E-state index is 11.9. The summed E-state index contributed by atoms with van der Waals surface area (Å²) in [7, 11) is 0. The van der Waals surface area contributed by atoms with E-state index in [1.54, 1.807) is 24.3 Å². The number of ether oxygens (including phenoxy) is 1. The summed E-state index contributed by atoms with van der Waals surface area (Å²) in [6.07, 6.45) is 4.98. The van der Waals surface area contributed by atoms with Crippen molar-refractivity contribution in [3.8, 4) is 5.75 Å². The van der Waals surface area contributed by atoms with E-state index in [2.05, 4.69) is 20.6 Å². The van der Waals surface area contributed by atoms with Gasteiger partial charge in [0.25, 0.3) is 0 Å². The van der Waals surface area contributed by atoms with Crippen molar-refractivity contribution in [2.45, 2.75) is 6.42 Å². The van der Waals surface area contributed by atoms with Gasteiger partial charge in [-0.15, -0.1) is 0 Å². The van der Waals surface area contributed by atoms with Crippen LogP contribution < -0.4 is 15.4 Å². The summed E-state index contributed by atoms with van der Waals surface area (Å²) in [5, 5.41) is 14.0. The summed E-state index contributed by atoms with van der Waals surface area (Å²) in [6.45, 7) is 0.434. The number of amides is 2. The van der Waals surface area contributed by atoms with Crippen molar-refractivity contribution in [2.24, 2.45) is 0 Å². The monoisotopic (exact) mass is 288 g/mol.